The van der Waals surface area contributed by atoms with Crippen LogP contribution in [0.1, 0.15) is 13.8 Å². The van der Waals surface area contributed by atoms with E-state index in [0.717, 1.165) is 4.90 Å². The Bertz CT molecular complexity index is 896. The van der Waals surface area contributed by atoms with Gasteiger partial charge in [0.2, 0.25) is 9.17 Å². The summed E-state index contributed by atoms with van der Waals surface area (Å²) in [5.74, 6) is -1.70. The van der Waals surface area contributed by atoms with E-state index in [0.29, 0.717) is 10.8 Å². The number of nitrogens with one attached hydrogen (secondary N) is 1. The zero-order chi connectivity index (χ0) is 23.1. The molecule has 2 aliphatic heterocycles. The van der Waals surface area contributed by atoms with Crippen LogP contribution in [0.25, 0.3) is 0 Å². The zero-order valence-corrected chi connectivity index (χ0v) is 20.1. The van der Waals surface area contributed by atoms with Crippen LogP contribution in [-0.2, 0) is 30.3 Å². The van der Waals surface area contributed by atoms with Gasteiger partial charge in [-0.2, -0.15) is 0 Å². The van der Waals surface area contributed by atoms with Crippen molar-refractivity contribution in [2.24, 2.45) is 0 Å². The first-order chi connectivity index (χ1) is 14.3. The normalized spacial score (nSPS) is 26.7. The Kier molecular flexibility index (Phi) is 7.15. The van der Waals surface area contributed by atoms with Crippen LogP contribution in [0.3, 0.4) is 0 Å². The number of carbonyl (C=O) groups is 3. The first-order valence-corrected chi connectivity index (χ1v) is 11.7. The van der Waals surface area contributed by atoms with Crippen LogP contribution in [0.4, 0.5) is 0 Å². The SMILES string of the molecule is CC1(C)[C@H](C(=O)OCC(Cl)(Cl)Cl)N2C(=O)[C@@H](NC(=O)COc3ccccc3Cl)[C@H]2[S@@+]1[O-]. The summed E-state index contributed by atoms with van der Waals surface area (Å²) in [4.78, 5) is 38.7. The fourth-order valence-electron chi connectivity index (χ4n) is 3.43. The van der Waals surface area contributed by atoms with Crippen LogP contribution in [0, 0.1) is 0 Å². The van der Waals surface area contributed by atoms with Gasteiger partial charge in [0.25, 0.3) is 11.8 Å². The molecular weight excluding hydrogens is 514 g/mol. The molecular formula is C18H18Cl4N2O6S. The molecule has 0 saturated carbocycles. The fourth-order valence-corrected chi connectivity index (χ4v) is 5.70. The average Bonchev–Trinajstić information content (AvgIpc) is 2.87. The topological polar surface area (TPSA) is 108 Å². The highest BCUT2D eigenvalue weighted by Crippen LogP contribution is 2.46. The summed E-state index contributed by atoms with van der Waals surface area (Å²) >= 11 is 21.1. The highest BCUT2D eigenvalue weighted by Gasteiger charge is 2.73. The number of hydrogen-bond acceptors (Lipinski definition) is 6. The molecule has 0 unspecified atom stereocenters. The van der Waals surface area contributed by atoms with Crippen molar-refractivity contribution in [1.29, 1.82) is 0 Å². The third-order valence-corrected chi connectivity index (χ3v) is 7.71. The molecule has 170 valence electrons. The molecule has 31 heavy (non-hydrogen) atoms. The molecule has 0 bridgehead atoms. The predicted octanol–water partition coefficient (Wildman–Crippen LogP) is 2.19. The molecule has 0 spiro atoms. The first-order valence-electron chi connectivity index (χ1n) is 8.97. The van der Waals surface area contributed by atoms with E-state index in [1.165, 1.54) is 0 Å². The van der Waals surface area contributed by atoms with Crippen LogP contribution >= 0.6 is 46.4 Å². The molecule has 0 aromatic heterocycles. The second kappa shape index (κ2) is 9.03. The number of hydrogen-bond donors (Lipinski definition) is 1. The number of ether oxygens (including phenoxy) is 2. The molecule has 2 heterocycles. The Morgan fingerprint density at radius 1 is 1.29 bits per heavy atom. The van der Waals surface area contributed by atoms with Crippen LogP contribution in [-0.4, -0.2) is 66.4 Å². The van der Waals surface area contributed by atoms with Crippen LogP contribution in [0.15, 0.2) is 24.3 Å². The molecule has 0 radical (unpaired) electrons. The number of carbonyl (C=O) groups excluding carboxylic acids is 3. The maximum absolute atomic E-state index is 13.0. The lowest BCUT2D eigenvalue weighted by Crippen LogP contribution is -2.72. The van der Waals surface area contributed by atoms with Gasteiger partial charge in [-0.3, -0.25) is 14.5 Å². The van der Waals surface area contributed by atoms with Crippen molar-refractivity contribution in [3.8, 4) is 5.75 Å². The standard InChI is InChI=1S/C18H18Cl4N2O6S/c1-17(2)13(16(27)30-8-18(20,21)22)24-14(26)12(15(24)31(17)28)23-11(25)7-29-10-6-4-3-5-9(10)19/h3-6,12-13,15H,7-8H2,1-2H3,(H,23,25)/t12-,13+,15-,31-/m1/s1. The lowest BCUT2D eigenvalue weighted by molar-refractivity contribution is -0.164. The Balaban J connectivity index is 1.65. The van der Waals surface area contributed by atoms with Gasteiger partial charge in [-0.25, -0.2) is 4.79 Å². The number of alkyl halides is 3. The smallest absolute Gasteiger partial charge is 0.334 e. The number of esters is 1. The third-order valence-electron chi connectivity index (χ3n) is 4.87. The predicted molar refractivity (Wildman–Crippen MR) is 117 cm³/mol. The molecule has 1 N–H and O–H groups in total. The number of benzene rings is 1. The van der Waals surface area contributed by atoms with E-state index < -0.39 is 68.2 Å². The number of β-lactam (4-membered cyclic amide) rings is 1. The quantitative estimate of drug-likeness (QED) is 0.261. The molecule has 2 amide bonds. The van der Waals surface area contributed by atoms with Crippen LogP contribution < -0.4 is 10.1 Å². The van der Waals surface area contributed by atoms with Gasteiger partial charge in [-0.1, -0.05) is 58.5 Å². The lowest BCUT2D eigenvalue weighted by Gasteiger charge is -2.41. The molecule has 1 aromatic carbocycles. The molecule has 13 heteroatoms. The number of amides is 2. The molecule has 2 aliphatic rings. The van der Waals surface area contributed by atoms with Crippen molar-refractivity contribution < 1.29 is 28.4 Å². The highest BCUT2D eigenvalue weighted by atomic mass is 35.6. The summed E-state index contributed by atoms with van der Waals surface area (Å²) in [5.41, 5.74) is 0. The van der Waals surface area contributed by atoms with Crippen molar-refractivity contribution in [3.63, 3.8) is 0 Å². The molecule has 0 aliphatic carbocycles. The number of nitrogens with zero attached hydrogens (tertiary/aromatic N) is 1. The van der Waals surface area contributed by atoms with Gasteiger partial charge in [0.05, 0.1) is 5.02 Å². The van der Waals surface area contributed by atoms with Crippen molar-refractivity contribution in [3.05, 3.63) is 29.3 Å². The summed E-state index contributed by atoms with van der Waals surface area (Å²) in [6, 6.07) is 4.39. The van der Waals surface area contributed by atoms with E-state index in [1.54, 1.807) is 38.1 Å². The van der Waals surface area contributed by atoms with Gasteiger partial charge >= 0.3 is 5.97 Å². The zero-order valence-electron chi connectivity index (χ0n) is 16.3. The average molecular weight is 532 g/mol. The van der Waals surface area contributed by atoms with Gasteiger partial charge < -0.3 is 19.3 Å². The van der Waals surface area contributed by atoms with E-state index in [9.17, 15) is 18.9 Å². The summed E-state index contributed by atoms with van der Waals surface area (Å²) in [7, 11) is 0. The van der Waals surface area contributed by atoms with E-state index in [2.05, 4.69) is 5.32 Å². The number of rotatable bonds is 6. The van der Waals surface area contributed by atoms with E-state index in [4.69, 9.17) is 55.9 Å². The maximum atomic E-state index is 13.0. The van der Waals surface area contributed by atoms with Crippen LogP contribution in [0.2, 0.25) is 5.02 Å². The number of halogens is 4. The van der Waals surface area contributed by atoms with Crippen molar-refractivity contribution in [2.75, 3.05) is 13.2 Å². The minimum Gasteiger partial charge on any atom is -0.614 e. The summed E-state index contributed by atoms with van der Waals surface area (Å²) in [5, 5.41) is 1.94. The molecule has 2 fully saturated rings. The van der Waals surface area contributed by atoms with Crippen molar-refractivity contribution in [1.82, 2.24) is 10.2 Å². The summed E-state index contributed by atoms with van der Waals surface area (Å²) in [6.07, 6.45) is 0. The van der Waals surface area contributed by atoms with E-state index >= 15 is 0 Å². The lowest BCUT2D eigenvalue weighted by atomic mass is 9.96. The van der Waals surface area contributed by atoms with E-state index in [-0.39, 0.29) is 0 Å². The molecule has 3 rings (SSSR count). The van der Waals surface area contributed by atoms with Gasteiger partial charge in [0.15, 0.2) is 23.4 Å². The minimum atomic E-state index is -1.83. The van der Waals surface area contributed by atoms with Crippen LogP contribution in [0.5, 0.6) is 5.75 Å². The monoisotopic (exact) mass is 530 g/mol. The fraction of sp³-hybridized carbons (Fsp3) is 0.500. The van der Waals surface area contributed by atoms with Crippen molar-refractivity contribution >= 4 is 75.4 Å². The Morgan fingerprint density at radius 2 is 1.94 bits per heavy atom. The maximum Gasteiger partial charge on any atom is 0.334 e. The molecule has 4 atom stereocenters. The Morgan fingerprint density at radius 3 is 2.55 bits per heavy atom. The van der Waals surface area contributed by atoms with E-state index in [1.807, 2.05) is 0 Å². The van der Waals surface area contributed by atoms with Gasteiger partial charge in [-0.15, -0.1) is 0 Å². The minimum absolute atomic E-state index is 0.309. The Labute approximate surface area is 201 Å². The highest BCUT2D eigenvalue weighted by molar-refractivity contribution is 7.94. The molecule has 8 nitrogen and oxygen atoms in total. The third kappa shape index (κ3) is 4.96. The summed E-state index contributed by atoms with van der Waals surface area (Å²) in [6.45, 7) is 2.21. The molecule has 2 saturated heterocycles. The van der Waals surface area contributed by atoms with Gasteiger partial charge in [0, 0.05) is 0 Å². The Hall–Kier alpha value is -1.10. The van der Waals surface area contributed by atoms with Crippen molar-refractivity contribution in [2.45, 2.75) is 39.8 Å². The first kappa shape index (κ1) is 24.5. The number of fused-ring (bicyclic) bond motifs is 1. The molecule has 1 aromatic rings. The van der Waals surface area contributed by atoms with Gasteiger partial charge in [0.1, 0.15) is 12.4 Å². The summed E-state index contributed by atoms with van der Waals surface area (Å²) < 4.78 is 20.4. The second-order valence-corrected chi connectivity index (χ2v) is 12.5. The largest absolute Gasteiger partial charge is 0.614 e. The number of para-hydroxylation sites is 1. The van der Waals surface area contributed by atoms with Gasteiger partial charge in [-0.05, 0) is 37.2 Å². The second-order valence-electron chi connectivity index (χ2n) is 7.43.